The molecule has 3 aromatic heterocycles. The van der Waals surface area contributed by atoms with Crippen molar-refractivity contribution in [2.45, 2.75) is 0 Å². The van der Waals surface area contributed by atoms with Crippen LogP contribution in [0.25, 0.3) is 11.5 Å². The molecule has 0 fully saturated rings. The molecule has 0 aliphatic heterocycles. The highest BCUT2D eigenvalue weighted by Crippen LogP contribution is 2.16. The van der Waals surface area contributed by atoms with Crippen LogP contribution in [0.3, 0.4) is 0 Å². The lowest BCUT2D eigenvalue weighted by molar-refractivity contribution is 0.0586. The monoisotopic (exact) mass is 287 g/mol. The van der Waals surface area contributed by atoms with Crippen molar-refractivity contribution in [3.05, 3.63) is 42.2 Å². The van der Waals surface area contributed by atoms with Gasteiger partial charge in [-0.3, -0.25) is 4.40 Å². The van der Waals surface area contributed by atoms with E-state index in [1.807, 2.05) is 0 Å². The number of aromatic nitrogens is 5. The molecule has 0 aromatic carbocycles. The second-order valence-corrected chi connectivity index (χ2v) is 4.02. The van der Waals surface area contributed by atoms with Gasteiger partial charge in [0.15, 0.2) is 11.5 Å². The zero-order chi connectivity index (χ0) is 15.0. The van der Waals surface area contributed by atoms with Crippen molar-refractivity contribution in [1.29, 1.82) is 0 Å². The lowest BCUT2D eigenvalue weighted by Crippen LogP contribution is -2.09. The van der Waals surface area contributed by atoms with E-state index in [4.69, 9.17) is 0 Å². The number of carbonyl (C=O) groups excluding carboxylic acids is 1. The molecule has 9 nitrogen and oxygen atoms in total. The molecule has 3 heterocycles. The number of hydrogen-bond acceptors (Lipinski definition) is 6. The minimum atomic E-state index is -1.17. The molecule has 0 bridgehead atoms. The Kier molecular flexibility index (Phi) is 2.87. The van der Waals surface area contributed by atoms with Crippen molar-refractivity contribution in [1.82, 2.24) is 24.1 Å². The molecule has 106 valence electrons. The third-order valence-corrected chi connectivity index (χ3v) is 2.79. The van der Waals surface area contributed by atoms with Gasteiger partial charge >= 0.3 is 11.9 Å². The van der Waals surface area contributed by atoms with E-state index >= 15 is 0 Å². The molecule has 0 spiro atoms. The first-order valence-corrected chi connectivity index (χ1v) is 5.82. The number of esters is 1. The number of aromatic carboxylic acids is 1. The van der Waals surface area contributed by atoms with Crippen LogP contribution in [-0.4, -0.2) is 48.3 Å². The minimum absolute atomic E-state index is 0.0661. The molecule has 21 heavy (non-hydrogen) atoms. The van der Waals surface area contributed by atoms with Gasteiger partial charge in [0.1, 0.15) is 12.0 Å². The molecule has 1 N–H and O–H groups in total. The molecule has 0 radical (unpaired) electrons. The Balaban J connectivity index is 2.20. The largest absolute Gasteiger partial charge is 0.476 e. The van der Waals surface area contributed by atoms with Gasteiger partial charge in [0.05, 0.1) is 7.11 Å². The average molecular weight is 287 g/mol. The normalized spacial score (nSPS) is 10.7. The smallest absolute Gasteiger partial charge is 0.377 e. The Morgan fingerprint density at radius 1 is 1.33 bits per heavy atom. The van der Waals surface area contributed by atoms with Crippen molar-refractivity contribution in [2.75, 3.05) is 7.11 Å². The number of hydrogen-bond donors (Lipinski definition) is 1. The standard InChI is InChI=1S/C12H9N5O4/c1-21-12(20)9-13-6-17(15-9)10-8(11(18)19)16-5-3-2-4-7(16)14-10/h2-6H,1H3,(H,18,19). The lowest BCUT2D eigenvalue weighted by atomic mass is 10.4. The molecule has 0 amide bonds. The molecular weight excluding hydrogens is 278 g/mol. The average Bonchev–Trinajstić information content (AvgIpc) is 3.10. The Labute approximate surface area is 117 Å². The molecule has 3 rings (SSSR count). The van der Waals surface area contributed by atoms with Crippen molar-refractivity contribution in [2.24, 2.45) is 0 Å². The minimum Gasteiger partial charge on any atom is -0.476 e. The summed E-state index contributed by atoms with van der Waals surface area (Å²) in [6.07, 6.45) is 2.79. The molecule has 9 heteroatoms. The first kappa shape index (κ1) is 12.8. The molecule has 0 saturated carbocycles. The summed E-state index contributed by atoms with van der Waals surface area (Å²) in [5.41, 5.74) is 0.368. The van der Waals surface area contributed by atoms with Crippen molar-refractivity contribution in [3.63, 3.8) is 0 Å². The quantitative estimate of drug-likeness (QED) is 0.694. The van der Waals surface area contributed by atoms with Gasteiger partial charge in [-0.25, -0.2) is 19.6 Å². The highest BCUT2D eigenvalue weighted by molar-refractivity contribution is 5.91. The molecular formula is C12H9N5O4. The summed E-state index contributed by atoms with van der Waals surface area (Å²) in [6, 6.07) is 5.08. The maximum Gasteiger partial charge on any atom is 0.377 e. The van der Waals surface area contributed by atoms with Crippen molar-refractivity contribution < 1.29 is 19.4 Å². The van der Waals surface area contributed by atoms with E-state index in [9.17, 15) is 14.7 Å². The number of fused-ring (bicyclic) bond motifs is 1. The van der Waals surface area contributed by atoms with Gasteiger partial charge < -0.3 is 9.84 Å². The van der Waals surface area contributed by atoms with Crippen molar-refractivity contribution in [3.8, 4) is 5.82 Å². The van der Waals surface area contributed by atoms with Crippen molar-refractivity contribution >= 4 is 17.6 Å². The number of ether oxygens (including phenoxy) is 1. The fourth-order valence-corrected chi connectivity index (χ4v) is 1.89. The summed E-state index contributed by atoms with van der Waals surface area (Å²) in [5, 5.41) is 13.2. The van der Waals surface area contributed by atoms with Gasteiger partial charge in [-0.2, -0.15) is 4.68 Å². The number of nitrogens with zero attached hydrogens (tertiary/aromatic N) is 5. The maximum absolute atomic E-state index is 11.5. The van der Waals surface area contributed by atoms with Crippen LogP contribution in [0.15, 0.2) is 30.7 Å². The summed E-state index contributed by atoms with van der Waals surface area (Å²) in [6.45, 7) is 0. The molecule has 0 aliphatic rings. The molecule has 0 aliphatic carbocycles. The molecule has 0 atom stereocenters. The van der Waals surface area contributed by atoms with Crippen LogP contribution in [0.4, 0.5) is 0 Å². The van der Waals surface area contributed by atoms with Gasteiger partial charge in [0.2, 0.25) is 0 Å². The number of pyridine rings is 1. The number of carboxylic acid groups (broad SMARTS) is 1. The van der Waals surface area contributed by atoms with Crippen LogP contribution in [0, 0.1) is 0 Å². The van der Waals surface area contributed by atoms with E-state index in [1.165, 1.54) is 17.8 Å². The van der Waals surface area contributed by atoms with E-state index in [0.29, 0.717) is 5.65 Å². The molecule has 3 aromatic rings. The fourth-order valence-electron chi connectivity index (χ4n) is 1.89. The Morgan fingerprint density at radius 3 is 2.86 bits per heavy atom. The summed E-state index contributed by atoms with van der Waals surface area (Å²) in [7, 11) is 1.20. The van der Waals surface area contributed by atoms with E-state index in [1.54, 1.807) is 24.4 Å². The first-order chi connectivity index (χ1) is 10.1. The van der Waals surface area contributed by atoms with E-state index < -0.39 is 11.9 Å². The van der Waals surface area contributed by atoms with Gasteiger partial charge in [-0.05, 0) is 12.1 Å². The maximum atomic E-state index is 11.5. The van der Waals surface area contributed by atoms with Gasteiger partial charge in [0.25, 0.3) is 5.82 Å². The number of carboxylic acids is 1. The van der Waals surface area contributed by atoms with E-state index in [-0.39, 0.29) is 17.3 Å². The zero-order valence-electron chi connectivity index (χ0n) is 10.8. The van der Waals surface area contributed by atoms with Gasteiger partial charge in [0, 0.05) is 6.20 Å². The summed E-state index contributed by atoms with van der Waals surface area (Å²) in [4.78, 5) is 30.8. The number of methoxy groups -OCH3 is 1. The van der Waals surface area contributed by atoms with Crippen LogP contribution in [0.5, 0.6) is 0 Å². The predicted molar refractivity (Wildman–Crippen MR) is 68.4 cm³/mol. The van der Waals surface area contributed by atoms with E-state index in [2.05, 4.69) is 19.8 Å². The Bertz CT molecular complexity index is 850. The number of imidazole rings is 1. The zero-order valence-corrected chi connectivity index (χ0v) is 10.8. The second kappa shape index (κ2) is 4.71. The SMILES string of the molecule is COC(=O)c1ncn(-c2nc3ccccn3c2C(=O)O)n1. The van der Waals surface area contributed by atoms with Crippen LogP contribution < -0.4 is 0 Å². The first-order valence-electron chi connectivity index (χ1n) is 5.82. The van der Waals surface area contributed by atoms with Crippen LogP contribution in [-0.2, 0) is 4.74 Å². The summed E-state index contributed by atoms with van der Waals surface area (Å²) in [5.74, 6) is -1.99. The van der Waals surface area contributed by atoms with Crippen LogP contribution in [0.2, 0.25) is 0 Å². The third kappa shape index (κ3) is 2.00. The van der Waals surface area contributed by atoms with Gasteiger partial charge in [-0.1, -0.05) is 6.07 Å². The van der Waals surface area contributed by atoms with Crippen LogP contribution >= 0.6 is 0 Å². The highest BCUT2D eigenvalue weighted by atomic mass is 16.5. The number of rotatable bonds is 3. The molecule has 0 saturated heterocycles. The summed E-state index contributed by atoms with van der Waals surface area (Å²) < 4.78 is 7.04. The summed E-state index contributed by atoms with van der Waals surface area (Å²) >= 11 is 0. The third-order valence-electron chi connectivity index (χ3n) is 2.79. The van der Waals surface area contributed by atoms with E-state index in [0.717, 1.165) is 4.68 Å². The fraction of sp³-hybridized carbons (Fsp3) is 0.0833. The number of carbonyl (C=O) groups is 2. The second-order valence-electron chi connectivity index (χ2n) is 4.02. The van der Waals surface area contributed by atoms with Crippen LogP contribution in [0.1, 0.15) is 21.1 Å². The highest BCUT2D eigenvalue weighted by Gasteiger charge is 2.22. The predicted octanol–water partition coefficient (Wildman–Crippen LogP) is 0.400. The Morgan fingerprint density at radius 2 is 2.14 bits per heavy atom. The lowest BCUT2D eigenvalue weighted by Gasteiger charge is -1.98. The van der Waals surface area contributed by atoms with Gasteiger partial charge in [-0.15, -0.1) is 5.10 Å². The topological polar surface area (TPSA) is 112 Å². The Hall–Kier alpha value is -3.23. The molecule has 0 unspecified atom stereocenters.